The van der Waals surface area contributed by atoms with Gasteiger partial charge in [0.05, 0.1) is 11.9 Å². The number of nitrogens with zero attached hydrogens (tertiary/aromatic N) is 6. The fourth-order valence-corrected chi connectivity index (χ4v) is 6.48. The van der Waals surface area contributed by atoms with Crippen LogP contribution in [0.15, 0.2) is 30.7 Å². The third-order valence-electron chi connectivity index (χ3n) is 8.30. The number of amides is 1. The van der Waals surface area contributed by atoms with E-state index in [9.17, 15) is 9.90 Å². The zero-order valence-corrected chi connectivity index (χ0v) is 20.8. The van der Waals surface area contributed by atoms with E-state index >= 15 is 0 Å². The molecule has 1 amide bonds. The van der Waals surface area contributed by atoms with Gasteiger partial charge in [-0.25, -0.2) is 9.97 Å². The lowest BCUT2D eigenvalue weighted by atomic mass is 9.85. The number of H-pyrrole nitrogens is 1. The minimum Gasteiger partial charge on any atom is -0.387 e. The van der Waals surface area contributed by atoms with Crippen molar-refractivity contribution in [2.24, 2.45) is 0 Å². The van der Waals surface area contributed by atoms with E-state index in [0.29, 0.717) is 11.7 Å². The van der Waals surface area contributed by atoms with Crippen molar-refractivity contribution in [2.75, 3.05) is 12.3 Å². The quantitative estimate of drug-likeness (QED) is 0.384. The van der Waals surface area contributed by atoms with Crippen LogP contribution in [0.1, 0.15) is 67.3 Å². The van der Waals surface area contributed by atoms with Gasteiger partial charge in [-0.2, -0.15) is 9.61 Å². The first kappa shape index (κ1) is 22.4. The summed E-state index contributed by atoms with van der Waals surface area (Å²) in [6.45, 7) is 1.54. The average Bonchev–Trinajstić information content (AvgIpc) is 3.40. The van der Waals surface area contributed by atoms with Crippen molar-refractivity contribution in [2.45, 2.75) is 69.4 Å². The molecule has 0 unspecified atom stereocenters. The van der Waals surface area contributed by atoms with Crippen LogP contribution in [0.25, 0.3) is 28.3 Å². The number of carbonyl (C=O) groups excluding carboxylic acids is 1. The Kier molecular flexibility index (Phi) is 5.07. The number of aryl methyl sites for hydroxylation is 1. The van der Waals surface area contributed by atoms with E-state index in [1.54, 1.807) is 10.7 Å². The van der Waals surface area contributed by atoms with Gasteiger partial charge in [0.2, 0.25) is 5.91 Å². The SMILES string of the molecule is Cc1cnc(-c2ccc(-c3cnn4c(N)c(C5CC5)c(C5C[C@H]6CC[C@H](C5)N6C(=O)CO)nc34)cn2)[nH]1. The van der Waals surface area contributed by atoms with E-state index in [1.165, 1.54) is 0 Å². The maximum Gasteiger partial charge on any atom is 0.248 e. The van der Waals surface area contributed by atoms with Crippen molar-refractivity contribution in [3.05, 3.63) is 47.7 Å². The highest BCUT2D eigenvalue weighted by Gasteiger charge is 2.45. The Labute approximate surface area is 214 Å². The molecule has 2 saturated heterocycles. The van der Waals surface area contributed by atoms with E-state index in [4.69, 9.17) is 10.7 Å². The average molecular weight is 499 g/mol. The largest absolute Gasteiger partial charge is 0.387 e. The lowest BCUT2D eigenvalue weighted by Crippen LogP contribution is -2.47. The molecule has 6 heterocycles. The molecule has 1 saturated carbocycles. The first-order valence-electron chi connectivity index (χ1n) is 13.1. The van der Waals surface area contributed by atoms with Crippen LogP contribution in [-0.2, 0) is 4.79 Å². The molecule has 0 spiro atoms. The molecule has 4 aromatic rings. The first-order valence-corrected chi connectivity index (χ1v) is 13.1. The van der Waals surface area contributed by atoms with Crippen LogP contribution >= 0.6 is 0 Å². The minimum atomic E-state index is -0.423. The summed E-state index contributed by atoms with van der Waals surface area (Å²) in [6, 6.07) is 4.27. The fourth-order valence-electron chi connectivity index (χ4n) is 6.48. The van der Waals surface area contributed by atoms with Gasteiger partial charge in [0, 0.05) is 52.8 Å². The van der Waals surface area contributed by atoms with Crippen LogP contribution in [0.5, 0.6) is 0 Å². The standard InChI is InChI=1S/C27H30N8O2/c1-14-10-30-26(32-14)21-7-4-16(11-29-21)20-12-31-35-25(28)23(15-2-3-15)24(33-27(20)35)17-8-18-5-6-19(9-17)34(18)22(37)13-36/h4,7,10-12,15,17-19,36H,2-3,5-6,8-9,13,28H2,1H3,(H,30,32)/t18-,19-/m1/s1. The summed E-state index contributed by atoms with van der Waals surface area (Å²) in [7, 11) is 0. The van der Waals surface area contributed by atoms with Crippen LogP contribution in [0.2, 0.25) is 0 Å². The van der Waals surface area contributed by atoms with E-state index < -0.39 is 6.61 Å². The van der Waals surface area contributed by atoms with Crippen molar-refractivity contribution >= 4 is 17.4 Å². The lowest BCUT2D eigenvalue weighted by Gasteiger charge is -2.39. The topological polar surface area (TPSA) is 138 Å². The maximum absolute atomic E-state index is 12.4. The van der Waals surface area contributed by atoms with Gasteiger partial charge in [0.1, 0.15) is 18.1 Å². The Hall–Kier alpha value is -3.79. The number of rotatable bonds is 5. The highest BCUT2D eigenvalue weighted by molar-refractivity contribution is 5.80. The molecular formula is C27H30N8O2. The zero-order chi connectivity index (χ0) is 25.3. The Morgan fingerprint density at radius 1 is 1.08 bits per heavy atom. The minimum absolute atomic E-state index is 0.154. The number of nitrogens with one attached hydrogen (secondary N) is 1. The van der Waals surface area contributed by atoms with E-state index in [0.717, 1.165) is 83.8 Å². The van der Waals surface area contributed by atoms with E-state index in [2.05, 4.69) is 20.1 Å². The van der Waals surface area contributed by atoms with Crippen molar-refractivity contribution in [3.63, 3.8) is 0 Å². The lowest BCUT2D eigenvalue weighted by molar-refractivity contribution is -0.138. The highest BCUT2D eigenvalue weighted by atomic mass is 16.3. The number of aliphatic hydroxyl groups excluding tert-OH is 1. The van der Waals surface area contributed by atoms with Gasteiger partial charge in [-0.1, -0.05) is 6.07 Å². The summed E-state index contributed by atoms with van der Waals surface area (Å²) >= 11 is 0. The van der Waals surface area contributed by atoms with E-state index in [-0.39, 0.29) is 23.9 Å². The summed E-state index contributed by atoms with van der Waals surface area (Å²) < 4.78 is 1.77. The van der Waals surface area contributed by atoms with Gasteiger partial charge in [0.15, 0.2) is 11.5 Å². The second-order valence-corrected chi connectivity index (χ2v) is 10.7. The van der Waals surface area contributed by atoms with Crippen LogP contribution < -0.4 is 5.73 Å². The number of hydrogen-bond donors (Lipinski definition) is 3. The number of pyridine rings is 1. The molecule has 0 aromatic carbocycles. The molecule has 10 heteroatoms. The van der Waals surface area contributed by atoms with Gasteiger partial charge in [-0.3, -0.25) is 9.78 Å². The Balaban J connectivity index is 1.28. The van der Waals surface area contributed by atoms with Crippen molar-refractivity contribution in [3.8, 4) is 22.6 Å². The van der Waals surface area contributed by atoms with Crippen LogP contribution in [-0.4, -0.2) is 64.2 Å². The molecule has 2 aliphatic heterocycles. The van der Waals surface area contributed by atoms with Gasteiger partial charge >= 0.3 is 0 Å². The van der Waals surface area contributed by atoms with Crippen LogP contribution in [0.4, 0.5) is 5.82 Å². The Morgan fingerprint density at radius 3 is 2.49 bits per heavy atom. The summed E-state index contributed by atoms with van der Waals surface area (Å²) in [4.78, 5) is 31.8. The number of nitrogen functional groups attached to an aromatic ring is 1. The number of carbonyl (C=O) groups is 1. The summed E-state index contributed by atoms with van der Waals surface area (Å²) in [5, 5.41) is 14.1. The molecule has 2 bridgehead atoms. The number of nitrogens with two attached hydrogens (primary N) is 1. The first-order chi connectivity index (χ1) is 18.0. The van der Waals surface area contributed by atoms with Crippen molar-refractivity contribution in [1.29, 1.82) is 0 Å². The van der Waals surface area contributed by atoms with E-state index in [1.807, 2.05) is 36.4 Å². The molecular weight excluding hydrogens is 468 g/mol. The number of aromatic amines is 1. The molecule has 0 radical (unpaired) electrons. The molecule has 3 fully saturated rings. The third-order valence-corrected chi connectivity index (χ3v) is 8.30. The van der Waals surface area contributed by atoms with Gasteiger partial charge in [-0.05, 0) is 57.4 Å². The molecule has 1 aliphatic carbocycles. The molecule has 7 rings (SSSR count). The second kappa shape index (κ2) is 8.37. The summed E-state index contributed by atoms with van der Waals surface area (Å²) in [5.74, 6) is 1.91. The smallest absolute Gasteiger partial charge is 0.248 e. The number of hydrogen-bond acceptors (Lipinski definition) is 7. The monoisotopic (exact) mass is 498 g/mol. The summed E-state index contributed by atoms with van der Waals surface area (Å²) in [5.41, 5.74) is 13.3. The third kappa shape index (κ3) is 3.61. The molecule has 4 N–H and O–H groups in total. The second-order valence-electron chi connectivity index (χ2n) is 10.7. The highest BCUT2D eigenvalue weighted by Crippen LogP contribution is 2.50. The Bertz CT molecular complexity index is 1490. The van der Waals surface area contributed by atoms with Crippen LogP contribution in [0.3, 0.4) is 0 Å². The van der Waals surface area contributed by atoms with Gasteiger partial charge in [0.25, 0.3) is 0 Å². The molecule has 4 aromatic heterocycles. The number of piperidine rings is 1. The zero-order valence-electron chi connectivity index (χ0n) is 20.8. The number of imidazole rings is 1. The Morgan fingerprint density at radius 2 is 1.86 bits per heavy atom. The number of aliphatic hydroxyl groups is 1. The molecule has 10 nitrogen and oxygen atoms in total. The number of anilines is 1. The molecule has 2 atom stereocenters. The molecule has 190 valence electrons. The van der Waals surface area contributed by atoms with Gasteiger partial charge in [-0.15, -0.1) is 0 Å². The predicted octanol–water partition coefficient (Wildman–Crippen LogP) is 3.18. The maximum atomic E-state index is 12.4. The molecule has 3 aliphatic rings. The van der Waals surface area contributed by atoms with Crippen LogP contribution in [0, 0.1) is 6.92 Å². The number of aromatic nitrogens is 6. The van der Waals surface area contributed by atoms with Crippen molar-refractivity contribution < 1.29 is 9.90 Å². The van der Waals surface area contributed by atoms with Gasteiger partial charge < -0.3 is 20.7 Å². The summed E-state index contributed by atoms with van der Waals surface area (Å²) in [6.07, 6.45) is 11.3. The normalized spacial score (nSPS) is 23.2. The van der Waals surface area contributed by atoms with Crippen molar-refractivity contribution in [1.82, 2.24) is 34.4 Å². The molecule has 37 heavy (non-hydrogen) atoms. The predicted molar refractivity (Wildman–Crippen MR) is 138 cm³/mol. The number of fused-ring (bicyclic) bond motifs is 3. The fraction of sp³-hybridized carbons (Fsp3) is 0.444.